The van der Waals surface area contributed by atoms with E-state index in [0.29, 0.717) is 22.5 Å². The molecule has 0 bridgehead atoms. The van der Waals surface area contributed by atoms with Gasteiger partial charge in [-0.3, -0.25) is 14.6 Å². The Morgan fingerprint density at radius 3 is 2.60 bits per heavy atom. The minimum Gasteiger partial charge on any atom is -0.497 e. The summed E-state index contributed by atoms with van der Waals surface area (Å²) in [4.78, 5) is 34.8. The van der Waals surface area contributed by atoms with Gasteiger partial charge in [0.1, 0.15) is 11.4 Å². The van der Waals surface area contributed by atoms with Crippen LogP contribution in [-0.4, -0.2) is 23.0 Å². The fourth-order valence-corrected chi connectivity index (χ4v) is 3.40. The Bertz CT molecular complexity index is 1270. The molecule has 0 aliphatic heterocycles. The highest BCUT2D eigenvalue weighted by atomic mass is 16.5. The monoisotopic (exact) mass is 399 g/mol. The van der Waals surface area contributed by atoms with E-state index in [1.807, 2.05) is 37.3 Å². The third kappa shape index (κ3) is 3.80. The molecular weight excluding hydrogens is 378 g/mol. The van der Waals surface area contributed by atoms with Crippen LogP contribution in [0.2, 0.25) is 0 Å². The fourth-order valence-electron chi connectivity index (χ4n) is 3.40. The van der Waals surface area contributed by atoms with Gasteiger partial charge in [0, 0.05) is 28.4 Å². The quantitative estimate of drug-likeness (QED) is 0.549. The number of para-hydroxylation sites is 1. The highest BCUT2D eigenvalue weighted by Crippen LogP contribution is 2.24. The standard InChI is InChI=1S/C24H21N3O3/c1-16-7-3-4-9-22(16)27(24(29)21-8-5-6-12-25-21)15-18-13-17-14-19(30-2)10-11-20(17)26-23(18)28/h3-14H,15H2,1-2H3,(H,26,28). The Morgan fingerprint density at radius 1 is 1.07 bits per heavy atom. The van der Waals surface area contributed by atoms with E-state index in [1.165, 1.54) is 0 Å². The Morgan fingerprint density at radius 2 is 1.87 bits per heavy atom. The number of rotatable bonds is 5. The SMILES string of the molecule is COc1ccc2[nH]c(=O)c(CN(C(=O)c3ccccn3)c3ccccc3C)cc2c1. The van der Waals surface area contributed by atoms with Crippen LogP contribution >= 0.6 is 0 Å². The van der Waals surface area contributed by atoms with Crippen LogP contribution in [0.1, 0.15) is 21.6 Å². The largest absolute Gasteiger partial charge is 0.497 e. The zero-order valence-corrected chi connectivity index (χ0v) is 16.8. The summed E-state index contributed by atoms with van der Waals surface area (Å²) < 4.78 is 5.29. The third-order valence-corrected chi connectivity index (χ3v) is 4.99. The Hall–Kier alpha value is -3.93. The molecule has 1 N–H and O–H groups in total. The van der Waals surface area contributed by atoms with Crippen molar-refractivity contribution < 1.29 is 9.53 Å². The zero-order chi connectivity index (χ0) is 21.1. The van der Waals surface area contributed by atoms with E-state index in [4.69, 9.17) is 4.74 Å². The summed E-state index contributed by atoms with van der Waals surface area (Å²) in [5.41, 5.74) is 2.94. The van der Waals surface area contributed by atoms with Gasteiger partial charge in [-0.25, -0.2) is 0 Å². The van der Waals surface area contributed by atoms with Gasteiger partial charge >= 0.3 is 0 Å². The van der Waals surface area contributed by atoms with E-state index in [0.717, 1.165) is 16.6 Å². The van der Waals surface area contributed by atoms with Gasteiger partial charge in [0.2, 0.25) is 0 Å². The first kappa shape index (κ1) is 19.4. The maximum Gasteiger partial charge on any atom is 0.277 e. The van der Waals surface area contributed by atoms with Crippen LogP contribution in [0, 0.1) is 6.92 Å². The second-order valence-corrected chi connectivity index (χ2v) is 6.97. The Labute approximate surface area is 173 Å². The number of aryl methyl sites for hydroxylation is 1. The molecule has 6 nitrogen and oxygen atoms in total. The van der Waals surface area contributed by atoms with Gasteiger partial charge in [-0.15, -0.1) is 0 Å². The lowest BCUT2D eigenvalue weighted by molar-refractivity contribution is 0.0980. The number of methoxy groups -OCH3 is 1. The average molecular weight is 399 g/mol. The van der Waals surface area contributed by atoms with E-state index < -0.39 is 0 Å². The summed E-state index contributed by atoms with van der Waals surface area (Å²) in [6, 6.07) is 20.0. The third-order valence-electron chi connectivity index (χ3n) is 4.99. The molecule has 30 heavy (non-hydrogen) atoms. The van der Waals surface area contributed by atoms with E-state index in [2.05, 4.69) is 9.97 Å². The summed E-state index contributed by atoms with van der Waals surface area (Å²) in [6.07, 6.45) is 1.58. The maximum absolute atomic E-state index is 13.3. The topological polar surface area (TPSA) is 75.3 Å². The molecule has 0 unspecified atom stereocenters. The molecule has 0 atom stereocenters. The lowest BCUT2D eigenvalue weighted by Gasteiger charge is -2.24. The number of aromatic amines is 1. The molecule has 4 aromatic rings. The second-order valence-electron chi connectivity index (χ2n) is 6.97. The number of fused-ring (bicyclic) bond motifs is 1. The molecule has 2 aromatic carbocycles. The number of carbonyl (C=O) groups is 1. The van der Waals surface area contributed by atoms with E-state index in [9.17, 15) is 9.59 Å². The Kier molecular flexibility index (Phi) is 5.30. The highest BCUT2D eigenvalue weighted by Gasteiger charge is 2.22. The van der Waals surface area contributed by atoms with Crippen molar-refractivity contribution in [2.24, 2.45) is 0 Å². The number of aromatic nitrogens is 2. The molecule has 0 spiro atoms. The molecule has 2 aromatic heterocycles. The van der Waals surface area contributed by atoms with Crippen molar-refractivity contribution in [2.75, 3.05) is 12.0 Å². The predicted octanol–water partition coefficient (Wildman–Crippen LogP) is 4.09. The number of hydrogen-bond donors (Lipinski definition) is 1. The van der Waals surface area contributed by atoms with Crippen LogP contribution in [0.15, 0.2) is 77.7 Å². The maximum atomic E-state index is 13.3. The number of hydrogen-bond acceptors (Lipinski definition) is 4. The lowest BCUT2D eigenvalue weighted by Crippen LogP contribution is -2.33. The first-order valence-corrected chi connectivity index (χ1v) is 9.55. The van der Waals surface area contributed by atoms with E-state index >= 15 is 0 Å². The van der Waals surface area contributed by atoms with Crippen LogP contribution in [-0.2, 0) is 6.54 Å². The van der Waals surface area contributed by atoms with Crippen molar-refractivity contribution in [3.8, 4) is 5.75 Å². The van der Waals surface area contributed by atoms with Gasteiger partial charge < -0.3 is 14.6 Å². The number of nitrogens with one attached hydrogen (secondary N) is 1. The average Bonchev–Trinajstić information content (AvgIpc) is 2.78. The first-order valence-electron chi connectivity index (χ1n) is 9.55. The highest BCUT2D eigenvalue weighted by molar-refractivity contribution is 6.05. The van der Waals surface area contributed by atoms with Crippen molar-refractivity contribution >= 4 is 22.5 Å². The smallest absolute Gasteiger partial charge is 0.277 e. The van der Waals surface area contributed by atoms with Crippen LogP contribution in [0.25, 0.3) is 10.9 Å². The number of nitrogens with zero attached hydrogens (tertiary/aromatic N) is 2. The molecule has 0 saturated carbocycles. The van der Waals surface area contributed by atoms with Gasteiger partial charge in [0.15, 0.2) is 0 Å². The summed E-state index contributed by atoms with van der Waals surface area (Å²) in [6.45, 7) is 2.05. The summed E-state index contributed by atoms with van der Waals surface area (Å²) in [7, 11) is 1.60. The molecule has 2 heterocycles. The van der Waals surface area contributed by atoms with Crippen molar-refractivity contribution in [1.29, 1.82) is 0 Å². The van der Waals surface area contributed by atoms with Gasteiger partial charge in [0.25, 0.3) is 11.5 Å². The van der Waals surface area contributed by atoms with Gasteiger partial charge in [0.05, 0.1) is 13.7 Å². The van der Waals surface area contributed by atoms with Crippen LogP contribution < -0.4 is 15.2 Å². The number of benzene rings is 2. The number of ether oxygens (including phenoxy) is 1. The molecular formula is C24H21N3O3. The van der Waals surface area contributed by atoms with Crippen molar-refractivity contribution in [3.05, 3.63) is 100 Å². The number of pyridine rings is 2. The van der Waals surface area contributed by atoms with Crippen molar-refractivity contribution in [2.45, 2.75) is 13.5 Å². The zero-order valence-electron chi connectivity index (χ0n) is 16.8. The van der Waals surface area contributed by atoms with E-state index in [-0.39, 0.29) is 18.0 Å². The lowest BCUT2D eigenvalue weighted by atomic mass is 10.1. The molecule has 4 rings (SSSR count). The van der Waals surface area contributed by atoms with Crippen LogP contribution in [0.4, 0.5) is 5.69 Å². The molecule has 0 saturated heterocycles. The fraction of sp³-hybridized carbons (Fsp3) is 0.125. The number of anilines is 1. The van der Waals surface area contributed by atoms with Crippen molar-refractivity contribution in [1.82, 2.24) is 9.97 Å². The van der Waals surface area contributed by atoms with Gasteiger partial charge in [-0.05, 0) is 55.0 Å². The second kappa shape index (κ2) is 8.21. The number of carbonyl (C=O) groups excluding carboxylic acids is 1. The number of H-pyrrole nitrogens is 1. The van der Waals surface area contributed by atoms with E-state index in [1.54, 1.807) is 54.6 Å². The number of amides is 1. The minimum atomic E-state index is -0.268. The van der Waals surface area contributed by atoms with Gasteiger partial charge in [-0.2, -0.15) is 0 Å². The van der Waals surface area contributed by atoms with Gasteiger partial charge in [-0.1, -0.05) is 24.3 Å². The molecule has 0 fully saturated rings. The van der Waals surface area contributed by atoms with Crippen LogP contribution in [0.3, 0.4) is 0 Å². The molecule has 1 amide bonds. The summed E-state index contributed by atoms with van der Waals surface area (Å²) in [5, 5.41) is 0.832. The normalized spacial score (nSPS) is 10.7. The first-order chi connectivity index (χ1) is 14.6. The molecule has 6 heteroatoms. The molecule has 0 radical (unpaired) electrons. The molecule has 150 valence electrons. The predicted molar refractivity (Wildman–Crippen MR) is 117 cm³/mol. The summed E-state index contributed by atoms with van der Waals surface area (Å²) in [5.74, 6) is 0.427. The van der Waals surface area contributed by atoms with Crippen LogP contribution in [0.5, 0.6) is 5.75 Å². The van der Waals surface area contributed by atoms with Crippen molar-refractivity contribution in [3.63, 3.8) is 0 Å². The Balaban J connectivity index is 1.80. The summed E-state index contributed by atoms with van der Waals surface area (Å²) >= 11 is 0. The molecule has 0 aliphatic rings. The minimum absolute atomic E-state index is 0.114. The molecule has 0 aliphatic carbocycles.